The van der Waals surface area contributed by atoms with Gasteiger partial charge in [0.25, 0.3) is 5.70 Å². The van der Waals surface area contributed by atoms with Crippen molar-refractivity contribution in [2.24, 2.45) is 5.92 Å². The summed E-state index contributed by atoms with van der Waals surface area (Å²) in [6.07, 6.45) is 5.90. The van der Waals surface area contributed by atoms with Gasteiger partial charge < -0.3 is 9.64 Å². The Kier molecular flexibility index (Phi) is 8.64. The van der Waals surface area contributed by atoms with Crippen molar-refractivity contribution in [2.75, 3.05) is 25.6 Å². The number of hydrogen-bond acceptors (Lipinski definition) is 3. The van der Waals surface area contributed by atoms with E-state index in [9.17, 15) is 4.79 Å². The molecule has 0 aromatic heterocycles. The molecule has 1 rings (SSSR count). The van der Waals surface area contributed by atoms with Crippen LogP contribution >= 0.6 is 0 Å². The summed E-state index contributed by atoms with van der Waals surface area (Å²) >= 11 is 0. The number of rotatable bonds is 9. The topological polar surface area (TPSA) is 33.9 Å². The number of unbranched alkanes of at least 4 members (excludes halogenated alkanes) is 1. The lowest BCUT2D eigenvalue weighted by Gasteiger charge is -2.14. The van der Waals surface area contributed by atoms with Crippen LogP contribution in [0, 0.1) is 12.5 Å². The normalized spacial score (nSPS) is 12.4. The van der Waals surface area contributed by atoms with E-state index in [2.05, 4.69) is 18.7 Å². The zero-order valence-corrected chi connectivity index (χ0v) is 15.2. The van der Waals surface area contributed by atoms with Crippen LogP contribution in [0.3, 0.4) is 0 Å². The third-order valence-electron chi connectivity index (χ3n) is 4.04. The van der Waals surface area contributed by atoms with E-state index in [-0.39, 0.29) is 5.70 Å². The highest BCUT2D eigenvalue weighted by Gasteiger charge is 2.14. The van der Waals surface area contributed by atoms with Gasteiger partial charge in [0.1, 0.15) is 0 Å². The summed E-state index contributed by atoms with van der Waals surface area (Å²) in [5.74, 6) is -0.156. The van der Waals surface area contributed by atoms with Gasteiger partial charge in [0.05, 0.1) is 13.2 Å². The highest BCUT2D eigenvalue weighted by Crippen LogP contribution is 2.17. The average molecular weight is 328 g/mol. The number of anilines is 1. The van der Waals surface area contributed by atoms with Crippen molar-refractivity contribution >= 4 is 17.7 Å². The Morgan fingerprint density at radius 1 is 1.29 bits per heavy atom. The van der Waals surface area contributed by atoms with Crippen molar-refractivity contribution in [2.45, 2.75) is 39.5 Å². The van der Waals surface area contributed by atoms with E-state index < -0.39 is 5.97 Å². The largest absolute Gasteiger partial charge is 0.470 e. The molecule has 4 heteroatoms. The Morgan fingerprint density at radius 3 is 2.46 bits per heavy atom. The molecule has 130 valence electrons. The molecule has 0 aliphatic heterocycles. The summed E-state index contributed by atoms with van der Waals surface area (Å²) in [5, 5.41) is 0. The Bertz CT molecular complexity index is 583. The van der Waals surface area contributed by atoms with E-state index in [1.807, 2.05) is 43.3 Å². The molecule has 1 aromatic carbocycles. The zero-order valence-electron chi connectivity index (χ0n) is 15.2. The second-order valence-corrected chi connectivity index (χ2v) is 6.14. The highest BCUT2D eigenvalue weighted by molar-refractivity contribution is 5.95. The Hall–Kier alpha value is -2.28. The van der Waals surface area contributed by atoms with Crippen LogP contribution in [0.15, 0.2) is 30.0 Å². The summed E-state index contributed by atoms with van der Waals surface area (Å²) < 4.78 is 5.35. The molecule has 0 bridgehead atoms. The summed E-state index contributed by atoms with van der Waals surface area (Å²) in [7, 11) is 3.94. The molecule has 0 spiro atoms. The first-order valence-corrected chi connectivity index (χ1v) is 8.55. The van der Waals surface area contributed by atoms with Gasteiger partial charge in [-0.2, -0.15) is 0 Å². The average Bonchev–Trinajstić information content (AvgIpc) is 2.60. The van der Waals surface area contributed by atoms with E-state index in [0.717, 1.165) is 36.9 Å². The van der Waals surface area contributed by atoms with Crippen molar-refractivity contribution < 1.29 is 9.53 Å². The summed E-state index contributed by atoms with van der Waals surface area (Å²) in [6.45, 7) is 11.9. The predicted molar refractivity (Wildman–Crippen MR) is 99.6 cm³/mol. The first-order chi connectivity index (χ1) is 11.5. The van der Waals surface area contributed by atoms with Gasteiger partial charge in [-0.25, -0.2) is 4.85 Å². The maximum atomic E-state index is 12.1. The van der Waals surface area contributed by atoms with Crippen molar-refractivity contribution in [3.05, 3.63) is 46.9 Å². The molecule has 0 radical (unpaired) electrons. The van der Waals surface area contributed by atoms with Crippen molar-refractivity contribution in [3.8, 4) is 0 Å². The number of carbonyl (C=O) groups is 1. The SMILES string of the molecule is [C-]#[N+]/C(=C/c1ccc(N(C)C)cc1)C(=O)OCC(CC)CCCC. The van der Waals surface area contributed by atoms with Crippen LogP contribution in [-0.4, -0.2) is 26.7 Å². The Balaban J connectivity index is 2.70. The minimum absolute atomic E-state index is 0.0259. The first kappa shape index (κ1) is 19.8. The molecule has 1 atom stereocenters. The molecule has 1 unspecified atom stereocenters. The minimum Gasteiger partial charge on any atom is -0.470 e. The van der Waals surface area contributed by atoms with Crippen LogP contribution < -0.4 is 4.90 Å². The molecule has 1 aromatic rings. The van der Waals surface area contributed by atoms with Gasteiger partial charge in [0.2, 0.25) is 0 Å². The molecule has 0 amide bonds. The molecule has 0 N–H and O–H groups in total. The van der Waals surface area contributed by atoms with Crippen LogP contribution in [-0.2, 0) is 9.53 Å². The third-order valence-corrected chi connectivity index (χ3v) is 4.04. The number of carbonyl (C=O) groups excluding carboxylic acids is 1. The van der Waals surface area contributed by atoms with E-state index in [4.69, 9.17) is 11.3 Å². The molecule has 0 saturated heterocycles. The van der Waals surface area contributed by atoms with Crippen molar-refractivity contribution in [1.29, 1.82) is 0 Å². The lowest BCUT2D eigenvalue weighted by Crippen LogP contribution is -2.14. The molecule has 0 fully saturated rings. The Labute approximate surface area is 145 Å². The van der Waals surface area contributed by atoms with Gasteiger partial charge in [-0.3, -0.25) is 4.79 Å². The summed E-state index contributed by atoms with van der Waals surface area (Å²) in [5.41, 5.74) is 1.92. The molecule has 24 heavy (non-hydrogen) atoms. The molecular weight excluding hydrogens is 300 g/mol. The van der Waals surface area contributed by atoms with Crippen LogP contribution in [0.4, 0.5) is 5.69 Å². The highest BCUT2D eigenvalue weighted by atomic mass is 16.5. The van der Waals surface area contributed by atoms with E-state index >= 15 is 0 Å². The van der Waals surface area contributed by atoms with Crippen LogP contribution in [0.5, 0.6) is 0 Å². The second-order valence-electron chi connectivity index (χ2n) is 6.14. The molecular formula is C20H28N2O2. The minimum atomic E-state index is -0.531. The summed E-state index contributed by atoms with van der Waals surface area (Å²) in [4.78, 5) is 17.5. The quantitative estimate of drug-likeness (QED) is 0.372. The monoisotopic (exact) mass is 328 g/mol. The van der Waals surface area contributed by atoms with E-state index in [1.54, 1.807) is 6.08 Å². The number of benzene rings is 1. The summed E-state index contributed by atoms with van der Waals surface area (Å²) in [6, 6.07) is 7.70. The molecule has 0 heterocycles. The fraction of sp³-hybridized carbons (Fsp3) is 0.500. The lowest BCUT2D eigenvalue weighted by molar-refractivity contribution is -0.140. The zero-order chi connectivity index (χ0) is 17.9. The first-order valence-electron chi connectivity index (χ1n) is 8.55. The van der Waals surface area contributed by atoms with Gasteiger partial charge in [-0.1, -0.05) is 45.2 Å². The molecule has 0 aliphatic rings. The van der Waals surface area contributed by atoms with Crippen molar-refractivity contribution in [3.63, 3.8) is 0 Å². The van der Waals surface area contributed by atoms with E-state index in [1.165, 1.54) is 0 Å². The van der Waals surface area contributed by atoms with Gasteiger partial charge in [-0.15, -0.1) is 0 Å². The standard InChI is InChI=1S/C20H28N2O2/c1-6-8-9-16(7-2)15-24-20(23)19(21-3)14-17-10-12-18(13-11-17)22(4)5/h10-14,16H,6-9,15H2,1-2,4-5H3/b19-14+. The number of ether oxygens (including phenoxy) is 1. The van der Waals surface area contributed by atoms with Gasteiger partial charge in [0.15, 0.2) is 0 Å². The molecule has 0 aliphatic carbocycles. The van der Waals surface area contributed by atoms with E-state index in [0.29, 0.717) is 12.5 Å². The van der Waals surface area contributed by atoms with Crippen LogP contribution in [0.25, 0.3) is 10.9 Å². The lowest BCUT2D eigenvalue weighted by atomic mass is 10.0. The van der Waals surface area contributed by atoms with Crippen molar-refractivity contribution in [1.82, 2.24) is 0 Å². The number of esters is 1. The third kappa shape index (κ3) is 6.45. The number of nitrogens with zero attached hydrogens (tertiary/aromatic N) is 2. The molecule has 4 nitrogen and oxygen atoms in total. The van der Waals surface area contributed by atoms with Gasteiger partial charge >= 0.3 is 5.97 Å². The fourth-order valence-corrected chi connectivity index (χ4v) is 2.33. The van der Waals surface area contributed by atoms with Crippen LogP contribution in [0.2, 0.25) is 0 Å². The maximum absolute atomic E-state index is 12.1. The smallest absolute Gasteiger partial charge is 0.336 e. The van der Waals surface area contributed by atoms with Gasteiger partial charge in [-0.05, 0) is 36.1 Å². The Morgan fingerprint density at radius 2 is 1.96 bits per heavy atom. The maximum Gasteiger partial charge on any atom is 0.336 e. The molecule has 0 saturated carbocycles. The van der Waals surface area contributed by atoms with Crippen LogP contribution in [0.1, 0.15) is 45.1 Å². The van der Waals surface area contributed by atoms with Gasteiger partial charge in [0, 0.05) is 19.8 Å². The number of hydrogen-bond donors (Lipinski definition) is 0. The predicted octanol–water partition coefficient (Wildman–Crippen LogP) is 4.77. The fourth-order valence-electron chi connectivity index (χ4n) is 2.33. The second kappa shape index (κ2) is 10.5.